The van der Waals surface area contributed by atoms with Gasteiger partial charge >= 0.3 is 12.0 Å². The molecule has 0 aromatic heterocycles. The summed E-state index contributed by atoms with van der Waals surface area (Å²) in [5, 5.41) is 8.88. The molecule has 0 bridgehead atoms. The van der Waals surface area contributed by atoms with E-state index in [1.54, 1.807) is 18.9 Å². The van der Waals surface area contributed by atoms with Gasteiger partial charge in [-0.1, -0.05) is 33.6 Å². The molecule has 0 heterocycles. The molecule has 112 valence electrons. The second kappa shape index (κ2) is 8.77. The number of carboxylic acid groups (broad SMARTS) is 1. The van der Waals surface area contributed by atoms with Crippen molar-refractivity contribution in [1.29, 1.82) is 0 Å². The van der Waals surface area contributed by atoms with Crippen molar-refractivity contribution < 1.29 is 14.7 Å². The fraction of sp³-hybridized carbons (Fsp3) is 0.857. The Morgan fingerprint density at radius 1 is 1.11 bits per heavy atom. The predicted molar refractivity (Wildman–Crippen MR) is 76.1 cm³/mol. The molecule has 0 rings (SSSR count). The number of carbonyl (C=O) groups is 2. The van der Waals surface area contributed by atoms with Gasteiger partial charge in [-0.25, -0.2) is 4.79 Å². The Kier molecular flexibility index (Phi) is 8.19. The number of hydrogen-bond donors (Lipinski definition) is 1. The molecule has 0 radical (unpaired) electrons. The molecule has 0 saturated heterocycles. The van der Waals surface area contributed by atoms with Crippen molar-refractivity contribution in [3.05, 3.63) is 0 Å². The molecule has 5 nitrogen and oxygen atoms in total. The maximum atomic E-state index is 12.3. The summed E-state index contributed by atoms with van der Waals surface area (Å²) in [7, 11) is 1.66. The van der Waals surface area contributed by atoms with Crippen molar-refractivity contribution in [3.8, 4) is 0 Å². The highest BCUT2D eigenvalue weighted by atomic mass is 16.4. The average molecular weight is 272 g/mol. The summed E-state index contributed by atoms with van der Waals surface area (Å²) < 4.78 is 0. The minimum atomic E-state index is -0.873. The van der Waals surface area contributed by atoms with Crippen LogP contribution in [-0.2, 0) is 4.79 Å². The van der Waals surface area contributed by atoms with E-state index in [2.05, 4.69) is 13.8 Å². The summed E-state index contributed by atoms with van der Waals surface area (Å²) in [5.74, 6) is -0.905. The van der Waals surface area contributed by atoms with Gasteiger partial charge in [-0.05, 0) is 12.8 Å². The SMILES string of the molecule is CCC(CC)CN(CC)C(=O)N(C)CC(C)C(=O)O. The molecule has 2 amide bonds. The quantitative estimate of drug-likeness (QED) is 0.738. The topological polar surface area (TPSA) is 60.9 Å². The number of rotatable bonds is 8. The van der Waals surface area contributed by atoms with Crippen LogP contribution in [0, 0.1) is 11.8 Å². The van der Waals surface area contributed by atoms with Crippen molar-refractivity contribution in [2.24, 2.45) is 11.8 Å². The zero-order chi connectivity index (χ0) is 15.0. The summed E-state index contributed by atoms with van der Waals surface area (Å²) in [6.07, 6.45) is 2.10. The molecule has 0 spiro atoms. The number of amides is 2. The van der Waals surface area contributed by atoms with Gasteiger partial charge in [0, 0.05) is 26.7 Å². The van der Waals surface area contributed by atoms with E-state index in [1.807, 2.05) is 6.92 Å². The van der Waals surface area contributed by atoms with E-state index < -0.39 is 11.9 Å². The molecule has 0 saturated carbocycles. The van der Waals surface area contributed by atoms with Crippen molar-refractivity contribution in [3.63, 3.8) is 0 Å². The van der Waals surface area contributed by atoms with Crippen LogP contribution in [0.1, 0.15) is 40.5 Å². The van der Waals surface area contributed by atoms with Crippen LogP contribution in [0.4, 0.5) is 4.79 Å². The number of carbonyl (C=O) groups excluding carboxylic acids is 1. The Morgan fingerprint density at radius 2 is 1.63 bits per heavy atom. The van der Waals surface area contributed by atoms with E-state index in [4.69, 9.17) is 5.11 Å². The van der Waals surface area contributed by atoms with E-state index in [9.17, 15) is 9.59 Å². The first-order valence-corrected chi connectivity index (χ1v) is 7.10. The standard InChI is InChI=1S/C14H28N2O3/c1-6-12(7-2)10-16(8-3)14(19)15(5)9-11(4)13(17)18/h11-12H,6-10H2,1-5H3,(H,17,18). The second-order valence-corrected chi connectivity index (χ2v) is 5.12. The average Bonchev–Trinajstić information content (AvgIpc) is 2.39. The van der Waals surface area contributed by atoms with Gasteiger partial charge in [0.1, 0.15) is 0 Å². The molecule has 1 N–H and O–H groups in total. The number of hydrogen-bond acceptors (Lipinski definition) is 2. The van der Waals surface area contributed by atoms with Gasteiger partial charge in [-0.3, -0.25) is 4.79 Å². The minimum absolute atomic E-state index is 0.0810. The van der Waals surface area contributed by atoms with Gasteiger partial charge in [0.25, 0.3) is 0 Å². The number of aliphatic carboxylic acids is 1. The molecule has 0 aromatic carbocycles. The molecule has 0 aliphatic heterocycles. The first-order valence-electron chi connectivity index (χ1n) is 7.10. The normalized spacial score (nSPS) is 12.3. The Bertz CT molecular complexity index is 290. The molecule has 19 heavy (non-hydrogen) atoms. The van der Waals surface area contributed by atoms with Crippen molar-refractivity contribution >= 4 is 12.0 Å². The van der Waals surface area contributed by atoms with Gasteiger partial charge in [0.2, 0.25) is 0 Å². The molecular formula is C14H28N2O3. The highest BCUT2D eigenvalue weighted by Gasteiger charge is 2.22. The largest absolute Gasteiger partial charge is 0.481 e. The zero-order valence-electron chi connectivity index (χ0n) is 12.8. The highest BCUT2D eigenvalue weighted by Crippen LogP contribution is 2.11. The lowest BCUT2D eigenvalue weighted by molar-refractivity contribution is -0.141. The summed E-state index contributed by atoms with van der Waals surface area (Å²) >= 11 is 0. The Morgan fingerprint density at radius 3 is 2.00 bits per heavy atom. The van der Waals surface area contributed by atoms with E-state index >= 15 is 0 Å². The molecule has 5 heteroatoms. The monoisotopic (exact) mass is 272 g/mol. The van der Waals surface area contributed by atoms with Gasteiger partial charge in [-0.2, -0.15) is 0 Å². The van der Waals surface area contributed by atoms with Crippen LogP contribution in [0.2, 0.25) is 0 Å². The van der Waals surface area contributed by atoms with Crippen LogP contribution in [-0.4, -0.2) is 53.6 Å². The van der Waals surface area contributed by atoms with Crippen LogP contribution >= 0.6 is 0 Å². The molecule has 0 aliphatic rings. The molecule has 0 fully saturated rings. The number of urea groups is 1. The summed E-state index contributed by atoms with van der Waals surface area (Å²) in [5.41, 5.74) is 0. The maximum absolute atomic E-state index is 12.3. The van der Waals surface area contributed by atoms with Crippen LogP contribution in [0.25, 0.3) is 0 Å². The van der Waals surface area contributed by atoms with E-state index in [1.165, 1.54) is 4.90 Å². The van der Waals surface area contributed by atoms with Gasteiger partial charge in [0.15, 0.2) is 0 Å². The second-order valence-electron chi connectivity index (χ2n) is 5.12. The third-order valence-electron chi connectivity index (χ3n) is 3.58. The lowest BCUT2D eigenvalue weighted by Gasteiger charge is -2.30. The summed E-state index contributed by atoms with van der Waals surface area (Å²) in [4.78, 5) is 26.4. The van der Waals surface area contributed by atoms with E-state index in [0.717, 1.165) is 19.4 Å². The van der Waals surface area contributed by atoms with E-state index in [-0.39, 0.29) is 12.6 Å². The lowest BCUT2D eigenvalue weighted by atomic mass is 10.0. The summed E-state index contributed by atoms with van der Waals surface area (Å²) in [6.45, 7) is 9.46. The van der Waals surface area contributed by atoms with Gasteiger partial charge in [-0.15, -0.1) is 0 Å². The fourth-order valence-corrected chi connectivity index (χ4v) is 2.01. The van der Waals surface area contributed by atoms with E-state index in [0.29, 0.717) is 12.5 Å². The Hall–Kier alpha value is -1.26. The smallest absolute Gasteiger partial charge is 0.319 e. The maximum Gasteiger partial charge on any atom is 0.319 e. The minimum Gasteiger partial charge on any atom is -0.481 e. The molecule has 0 aromatic rings. The lowest BCUT2D eigenvalue weighted by Crippen LogP contribution is -2.45. The van der Waals surface area contributed by atoms with Crippen LogP contribution < -0.4 is 0 Å². The first-order chi connectivity index (χ1) is 8.87. The third kappa shape index (κ3) is 5.94. The number of carboxylic acids is 1. The van der Waals surface area contributed by atoms with Gasteiger partial charge < -0.3 is 14.9 Å². The fourth-order valence-electron chi connectivity index (χ4n) is 2.01. The molecule has 1 unspecified atom stereocenters. The zero-order valence-corrected chi connectivity index (χ0v) is 12.8. The van der Waals surface area contributed by atoms with Crippen molar-refractivity contribution in [1.82, 2.24) is 9.80 Å². The molecular weight excluding hydrogens is 244 g/mol. The Balaban J connectivity index is 4.52. The molecule has 1 atom stereocenters. The molecule has 0 aliphatic carbocycles. The van der Waals surface area contributed by atoms with Crippen molar-refractivity contribution in [2.75, 3.05) is 26.7 Å². The van der Waals surface area contributed by atoms with Crippen LogP contribution in [0.5, 0.6) is 0 Å². The van der Waals surface area contributed by atoms with Crippen molar-refractivity contribution in [2.45, 2.75) is 40.5 Å². The number of nitrogens with zero attached hydrogens (tertiary/aromatic N) is 2. The first kappa shape index (κ1) is 17.7. The predicted octanol–water partition coefficient (Wildman–Crippen LogP) is 2.52. The van der Waals surface area contributed by atoms with Gasteiger partial charge in [0.05, 0.1) is 5.92 Å². The Labute approximate surface area is 116 Å². The summed E-state index contributed by atoms with van der Waals surface area (Å²) in [6, 6.07) is -0.0810. The van der Waals surface area contributed by atoms with Crippen LogP contribution in [0.15, 0.2) is 0 Å². The highest BCUT2D eigenvalue weighted by molar-refractivity contribution is 5.75. The van der Waals surface area contributed by atoms with Crippen LogP contribution in [0.3, 0.4) is 0 Å². The third-order valence-corrected chi connectivity index (χ3v) is 3.58.